The number of piperazine rings is 1. The van der Waals surface area contributed by atoms with Crippen LogP contribution in [0.4, 0.5) is 5.69 Å². The number of H-pyrrole nitrogens is 1. The molecule has 0 atom stereocenters. The number of aromatic amines is 1. The minimum absolute atomic E-state index is 0.000412. The number of hydrogen-bond donors (Lipinski definition) is 2. The fraction of sp³-hybridized carbons (Fsp3) is 0.348. The summed E-state index contributed by atoms with van der Waals surface area (Å²) in [6.45, 7) is 8.14. The minimum Gasteiger partial charge on any atom is -0.325 e. The van der Waals surface area contributed by atoms with Gasteiger partial charge < -0.3 is 10.3 Å². The summed E-state index contributed by atoms with van der Waals surface area (Å²) in [6.07, 6.45) is 0. The summed E-state index contributed by atoms with van der Waals surface area (Å²) in [6, 6.07) is 11.0. The number of hydrogen-bond acceptors (Lipinski definition) is 5. The summed E-state index contributed by atoms with van der Waals surface area (Å²) in [4.78, 5) is 36.6. The van der Waals surface area contributed by atoms with Crippen LogP contribution in [0.3, 0.4) is 0 Å². The molecule has 0 unspecified atom stereocenters. The van der Waals surface area contributed by atoms with Crippen molar-refractivity contribution < 1.29 is 4.79 Å². The highest BCUT2D eigenvalue weighted by Crippen LogP contribution is 2.18. The zero-order valence-corrected chi connectivity index (χ0v) is 18.5. The first kappa shape index (κ1) is 21.5. The normalized spacial score (nSPS) is 15.3. The Hall–Kier alpha value is -2.74. The average Bonchev–Trinajstić information content (AvgIpc) is 2.72. The maximum absolute atomic E-state index is 12.5. The molecule has 31 heavy (non-hydrogen) atoms. The monoisotopic (exact) mass is 439 g/mol. The smallest absolute Gasteiger partial charge is 0.258 e. The van der Waals surface area contributed by atoms with Crippen LogP contribution in [-0.2, 0) is 11.3 Å². The number of aromatic nitrogens is 2. The standard InChI is InChI=1S/C23H26ClN5O2/c1-15-4-3-5-19(16(15)2)26-22(30)14-29-10-8-28(9-11-29)13-21-25-20-12-17(24)6-7-18(20)23(31)27-21/h3-7,12H,8-11,13-14H2,1-2H3,(H,26,30)(H,25,27,31). The van der Waals surface area contributed by atoms with Gasteiger partial charge in [-0.25, -0.2) is 4.98 Å². The second-order valence-corrected chi connectivity index (χ2v) is 8.46. The molecule has 0 radical (unpaired) electrons. The molecule has 7 nitrogen and oxygen atoms in total. The number of nitrogens with zero attached hydrogens (tertiary/aromatic N) is 3. The van der Waals surface area contributed by atoms with Gasteiger partial charge in [0.15, 0.2) is 0 Å². The largest absolute Gasteiger partial charge is 0.325 e. The van der Waals surface area contributed by atoms with E-state index < -0.39 is 0 Å². The lowest BCUT2D eigenvalue weighted by Crippen LogP contribution is -2.48. The van der Waals surface area contributed by atoms with E-state index in [2.05, 4.69) is 25.1 Å². The Kier molecular flexibility index (Phi) is 6.36. The molecule has 1 fully saturated rings. The number of carbonyl (C=O) groups excluding carboxylic acids is 1. The molecule has 0 bridgehead atoms. The van der Waals surface area contributed by atoms with Gasteiger partial charge in [0.2, 0.25) is 5.91 Å². The van der Waals surface area contributed by atoms with Gasteiger partial charge in [-0.15, -0.1) is 0 Å². The van der Waals surface area contributed by atoms with E-state index in [1.807, 2.05) is 32.0 Å². The Morgan fingerprint density at radius 3 is 2.65 bits per heavy atom. The molecule has 2 N–H and O–H groups in total. The molecule has 1 aliphatic rings. The van der Waals surface area contributed by atoms with Crippen LogP contribution in [0.5, 0.6) is 0 Å². The number of fused-ring (bicyclic) bond motifs is 1. The number of rotatable bonds is 5. The second-order valence-electron chi connectivity index (χ2n) is 8.02. The number of amides is 1. The van der Waals surface area contributed by atoms with Crippen LogP contribution in [0.25, 0.3) is 10.9 Å². The third-order valence-electron chi connectivity index (χ3n) is 5.80. The number of aryl methyl sites for hydroxylation is 1. The van der Waals surface area contributed by atoms with Crippen molar-refractivity contribution in [2.24, 2.45) is 0 Å². The van der Waals surface area contributed by atoms with Crippen molar-refractivity contribution in [1.29, 1.82) is 0 Å². The van der Waals surface area contributed by atoms with E-state index >= 15 is 0 Å². The van der Waals surface area contributed by atoms with Crippen molar-refractivity contribution in [2.75, 3.05) is 38.0 Å². The SMILES string of the molecule is Cc1cccc(NC(=O)CN2CCN(Cc3nc4cc(Cl)ccc4c(=O)[nH]3)CC2)c1C. The molecule has 2 heterocycles. The van der Waals surface area contributed by atoms with Crippen LogP contribution >= 0.6 is 11.6 Å². The van der Waals surface area contributed by atoms with E-state index in [0.717, 1.165) is 43.0 Å². The van der Waals surface area contributed by atoms with Gasteiger partial charge in [0.1, 0.15) is 5.82 Å². The summed E-state index contributed by atoms with van der Waals surface area (Å²) in [7, 11) is 0. The molecule has 0 spiro atoms. The predicted octanol–water partition coefficient (Wildman–Crippen LogP) is 2.95. The lowest BCUT2D eigenvalue weighted by molar-refractivity contribution is -0.117. The summed E-state index contributed by atoms with van der Waals surface area (Å²) in [5.41, 5.74) is 3.58. The summed E-state index contributed by atoms with van der Waals surface area (Å²) >= 11 is 6.04. The molecule has 1 aromatic heterocycles. The molecule has 8 heteroatoms. The molecule has 0 aliphatic carbocycles. The van der Waals surface area contributed by atoms with Crippen molar-refractivity contribution in [3.63, 3.8) is 0 Å². The summed E-state index contributed by atoms with van der Waals surface area (Å²) in [5, 5.41) is 4.12. The quantitative estimate of drug-likeness (QED) is 0.638. The van der Waals surface area contributed by atoms with Crippen molar-refractivity contribution in [2.45, 2.75) is 20.4 Å². The molecule has 0 saturated carbocycles. The molecule has 1 aliphatic heterocycles. The molecule has 4 rings (SSSR count). The Morgan fingerprint density at radius 2 is 1.87 bits per heavy atom. The minimum atomic E-state index is -0.154. The molecule has 162 valence electrons. The average molecular weight is 440 g/mol. The van der Waals surface area contributed by atoms with Crippen LogP contribution in [0.2, 0.25) is 5.02 Å². The van der Waals surface area contributed by atoms with Gasteiger partial charge in [-0.3, -0.25) is 19.4 Å². The van der Waals surface area contributed by atoms with E-state index in [-0.39, 0.29) is 11.5 Å². The first-order valence-corrected chi connectivity index (χ1v) is 10.8. The van der Waals surface area contributed by atoms with Gasteiger partial charge in [0.25, 0.3) is 5.56 Å². The van der Waals surface area contributed by atoms with Crippen molar-refractivity contribution in [1.82, 2.24) is 19.8 Å². The number of benzene rings is 2. The van der Waals surface area contributed by atoms with Gasteiger partial charge >= 0.3 is 0 Å². The number of nitrogens with one attached hydrogen (secondary N) is 2. The molecule has 3 aromatic rings. The first-order chi connectivity index (χ1) is 14.9. The highest BCUT2D eigenvalue weighted by atomic mass is 35.5. The fourth-order valence-electron chi connectivity index (χ4n) is 3.83. The van der Waals surface area contributed by atoms with Gasteiger partial charge in [-0.2, -0.15) is 0 Å². The second kappa shape index (κ2) is 9.18. The first-order valence-electron chi connectivity index (χ1n) is 10.4. The number of carbonyl (C=O) groups is 1. The third-order valence-corrected chi connectivity index (χ3v) is 6.04. The molecule has 2 aromatic carbocycles. The molecule has 1 amide bonds. The van der Waals surface area contributed by atoms with Crippen LogP contribution in [-0.4, -0.2) is 58.4 Å². The van der Waals surface area contributed by atoms with E-state index in [9.17, 15) is 9.59 Å². The Morgan fingerprint density at radius 1 is 1.13 bits per heavy atom. The molecular weight excluding hydrogens is 414 g/mol. The van der Waals surface area contributed by atoms with Crippen molar-refractivity contribution in [3.8, 4) is 0 Å². The third kappa shape index (κ3) is 5.12. The van der Waals surface area contributed by atoms with Gasteiger partial charge in [0.05, 0.1) is 24.0 Å². The van der Waals surface area contributed by atoms with Crippen LogP contribution in [0.15, 0.2) is 41.2 Å². The van der Waals surface area contributed by atoms with Crippen LogP contribution < -0.4 is 10.9 Å². The number of halogens is 1. The summed E-state index contributed by atoms with van der Waals surface area (Å²) in [5.74, 6) is 0.625. The lowest BCUT2D eigenvalue weighted by Gasteiger charge is -2.34. The summed E-state index contributed by atoms with van der Waals surface area (Å²) < 4.78 is 0. The Balaban J connectivity index is 1.32. The predicted molar refractivity (Wildman–Crippen MR) is 124 cm³/mol. The number of anilines is 1. The highest BCUT2D eigenvalue weighted by Gasteiger charge is 2.20. The maximum Gasteiger partial charge on any atom is 0.258 e. The Bertz CT molecular complexity index is 1170. The van der Waals surface area contributed by atoms with Gasteiger partial charge in [0, 0.05) is 36.9 Å². The van der Waals surface area contributed by atoms with Crippen molar-refractivity contribution >= 4 is 34.1 Å². The highest BCUT2D eigenvalue weighted by molar-refractivity contribution is 6.31. The zero-order valence-electron chi connectivity index (χ0n) is 17.7. The van der Waals surface area contributed by atoms with E-state index in [4.69, 9.17) is 11.6 Å². The zero-order chi connectivity index (χ0) is 22.0. The fourth-order valence-corrected chi connectivity index (χ4v) is 4.00. The molecular formula is C23H26ClN5O2. The van der Waals surface area contributed by atoms with Gasteiger partial charge in [-0.1, -0.05) is 23.7 Å². The maximum atomic E-state index is 12.5. The Labute approximate surface area is 186 Å². The van der Waals surface area contributed by atoms with Gasteiger partial charge in [-0.05, 0) is 49.2 Å². The van der Waals surface area contributed by atoms with Crippen LogP contribution in [0, 0.1) is 13.8 Å². The van der Waals surface area contributed by atoms with E-state index in [1.54, 1.807) is 18.2 Å². The topological polar surface area (TPSA) is 81.3 Å². The van der Waals surface area contributed by atoms with E-state index in [0.29, 0.717) is 34.8 Å². The van der Waals surface area contributed by atoms with Crippen molar-refractivity contribution in [3.05, 3.63) is 68.7 Å². The lowest BCUT2D eigenvalue weighted by atomic mass is 10.1. The van der Waals surface area contributed by atoms with E-state index in [1.165, 1.54) is 0 Å². The molecule has 1 saturated heterocycles. The van der Waals surface area contributed by atoms with Crippen LogP contribution in [0.1, 0.15) is 17.0 Å².